The van der Waals surface area contributed by atoms with E-state index < -0.39 is 0 Å². The summed E-state index contributed by atoms with van der Waals surface area (Å²) >= 11 is 1.75. The van der Waals surface area contributed by atoms with Crippen molar-refractivity contribution in [1.82, 2.24) is 14.9 Å². The molecule has 229 valence electrons. The molecule has 3 aromatic heterocycles. The third-order valence-corrected chi connectivity index (χ3v) is 8.05. The number of hydrogen-bond acceptors (Lipinski definition) is 6. The number of fused-ring (bicyclic) bond motifs is 1. The molecule has 43 heavy (non-hydrogen) atoms. The van der Waals surface area contributed by atoms with Crippen LogP contribution in [0.4, 0.5) is 10.1 Å². The summed E-state index contributed by atoms with van der Waals surface area (Å²) in [7, 11) is 1.64. The number of amides is 1. The Kier molecular flexibility index (Phi) is 15.8. The zero-order valence-corrected chi connectivity index (χ0v) is 29.2. The molecule has 0 bridgehead atoms. The van der Waals surface area contributed by atoms with Crippen LogP contribution in [0, 0.1) is 12.7 Å². The second-order valence-corrected chi connectivity index (χ2v) is 11.3. The van der Waals surface area contributed by atoms with E-state index in [1.165, 1.54) is 16.3 Å². The van der Waals surface area contributed by atoms with E-state index in [1.807, 2.05) is 24.5 Å². The molecular weight excluding hydrogens is 642 g/mol. The van der Waals surface area contributed by atoms with Crippen LogP contribution >= 0.6 is 11.3 Å². The Morgan fingerprint density at radius 1 is 1.21 bits per heavy atom. The van der Waals surface area contributed by atoms with Gasteiger partial charge in [-0.3, -0.25) is 14.8 Å². The van der Waals surface area contributed by atoms with E-state index in [4.69, 9.17) is 16.2 Å². The first-order valence-corrected chi connectivity index (χ1v) is 14.8. The largest absolute Gasteiger partial charge is 0.699 e. The standard InChI is InChI=1S/C22H27N3O2S.C7H7FN.C3H6NO.Y/c1-5-15(2)18-8-9-23-20-12-21(28-22(18)20)19-7-6-17(13-24-19)14-25(16(3)26)10-11-27-4;1-5-2-3-6(9)4-7(5)8;4-3-1-5-2-3;/h6-9,12-13,15H,5,10-11,14H2,1-4H3;2-4,9H,1H3;3-4H,1-2H2;/q;2*-1;. The second-order valence-electron chi connectivity index (χ2n) is 10.2. The molecule has 1 aliphatic heterocycles. The van der Waals surface area contributed by atoms with Crippen LogP contribution in [0.15, 0.2) is 54.9 Å². The van der Waals surface area contributed by atoms with Gasteiger partial charge in [0.2, 0.25) is 5.91 Å². The summed E-state index contributed by atoms with van der Waals surface area (Å²) in [6.45, 7) is 10.7. The van der Waals surface area contributed by atoms with Crippen molar-refractivity contribution in [3.8, 4) is 10.6 Å². The third kappa shape index (κ3) is 11.3. The van der Waals surface area contributed by atoms with E-state index in [-0.39, 0.29) is 56.2 Å². The van der Waals surface area contributed by atoms with Crippen LogP contribution in [-0.2, 0) is 53.5 Å². The fourth-order valence-electron chi connectivity index (χ4n) is 3.95. The Balaban J connectivity index is 0.000000351. The number of aryl methyl sites for hydroxylation is 1. The molecule has 4 aromatic rings. The number of hydrogen-bond donors (Lipinski definition) is 0. The number of benzene rings is 1. The molecule has 1 atom stereocenters. The molecule has 0 spiro atoms. The molecule has 1 aliphatic rings. The van der Waals surface area contributed by atoms with Crippen molar-refractivity contribution < 1.29 is 51.4 Å². The first-order valence-electron chi connectivity index (χ1n) is 14.0. The van der Waals surface area contributed by atoms with Crippen LogP contribution < -0.4 is 0 Å². The second kappa shape index (κ2) is 18.5. The number of ether oxygens (including phenoxy) is 2. The summed E-state index contributed by atoms with van der Waals surface area (Å²) in [5, 5.41) is 0. The minimum Gasteiger partial charge on any atom is -0.699 e. The zero-order chi connectivity index (χ0) is 30.6. The van der Waals surface area contributed by atoms with E-state index >= 15 is 0 Å². The molecule has 0 saturated carbocycles. The van der Waals surface area contributed by atoms with Crippen LogP contribution in [0.1, 0.15) is 49.8 Å². The van der Waals surface area contributed by atoms with Gasteiger partial charge in [-0.2, -0.15) is 0 Å². The number of methoxy groups -OCH3 is 1. The van der Waals surface area contributed by atoms with Gasteiger partial charge in [-0.1, -0.05) is 38.1 Å². The van der Waals surface area contributed by atoms with E-state index in [1.54, 1.807) is 49.3 Å². The normalized spacial score (nSPS) is 13.0. The van der Waals surface area contributed by atoms with Crippen molar-refractivity contribution in [2.75, 3.05) is 33.5 Å². The number of aromatic nitrogens is 2. The van der Waals surface area contributed by atoms with Crippen LogP contribution in [0.5, 0.6) is 0 Å². The number of nitrogens with zero attached hydrogens (tertiary/aromatic N) is 3. The molecule has 1 amide bonds. The minimum absolute atomic E-state index is 0. The van der Waals surface area contributed by atoms with Gasteiger partial charge in [0.25, 0.3) is 0 Å². The summed E-state index contributed by atoms with van der Waals surface area (Å²) in [5.41, 5.74) is 18.9. The molecule has 1 saturated heterocycles. The maximum atomic E-state index is 12.5. The van der Waals surface area contributed by atoms with Gasteiger partial charge in [-0.15, -0.1) is 17.0 Å². The molecule has 1 fully saturated rings. The number of thiophene rings is 1. The average molecular weight is 683 g/mol. The average Bonchev–Trinajstić information content (AvgIpc) is 3.41. The molecule has 0 aliphatic carbocycles. The quantitative estimate of drug-likeness (QED) is 0.186. The van der Waals surface area contributed by atoms with Crippen LogP contribution in [0.3, 0.4) is 0 Å². The fourth-order valence-corrected chi connectivity index (χ4v) is 5.17. The molecule has 4 heterocycles. The third-order valence-electron chi connectivity index (χ3n) is 6.86. The topological polar surface area (TPSA) is 112 Å². The SMILES string of the molecule is CCC(C)c1ccnc2cc(-c3ccc(CN(CCOC)C(C)=O)cn3)sc12.Cc1ccc([NH-])cc1F.[NH-]C1COC1.[Y]. The van der Waals surface area contributed by atoms with Gasteiger partial charge < -0.3 is 25.8 Å². The fraction of sp³-hybridized carbons (Fsp3) is 0.406. The maximum absolute atomic E-state index is 12.5. The van der Waals surface area contributed by atoms with Gasteiger partial charge in [-0.25, -0.2) is 4.39 Å². The predicted molar refractivity (Wildman–Crippen MR) is 169 cm³/mol. The minimum atomic E-state index is -0.303. The van der Waals surface area contributed by atoms with Gasteiger partial charge in [0.15, 0.2) is 0 Å². The van der Waals surface area contributed by atoms with Crippen molar-refractivity contribution in [2.45, 2.75) is 52.6 Å². The summed E-state index contributed by atoms with van der Waals surface area (Å²) in [6.07, 6.45) is 4.85. The summed E-state index contributed by atoms with van der Waals surface area (Å²) in [5.74, 6) is 0.244. The van der Waals surface area contributed by atoms with Gasteiger partial charge in [0, 0.05) is 85.4 Å². The van der Waals surface area contributed by atoms with Crippen molar-refractivity contribution >= 4 is 33.1 Å². The van der Waals surface area contributed by atoms with Gasteiger partial charge in [0.1, 0.15) is 5.82 Å². The Morgan fingerprint density at radius 2 is 1.93 bits per heavy atom. The Bertz CT molecular complexity index is 1430. The van der Waals surface area contributed by atoms with Crippen molar-refractivity contribution in [1.29, 1.82) is 0 Å². The summed E-state index contributed by atoms with van der Waals surface area (Å²) in [4.78, 5) is 23.9. The molecule has 8 nitrogen and oxygen atoms in total. The van der Waals surface area contributed by atoms with Crippen molar-refractivity contribution in [3.63, 3.8) is 0 Å². The summed E-state index contributed by atoms with van der Waals surface area (Å²) in [6, 6.07) is 12.8. The van der Waals surface area contributed by atoms with Crippen LogP contribution in [0.25, 0.3) is 32.3 Å². The molecule has 11 heteroatoms. The zero-order valence-electron chi connectivity index (χ0n) is 25.5. The number of rotatable bonds is 8. The molecule has 1 aromatic carbocycles. The number of pyridine rings is 2. The molecule has 1 radical (unpaired) electrons. The first-order chi connectivity index (χ1) is 20.1. The van der Waals surface area contributed by atoms with E-state index in [0.29, 0.717) is 44.4 Å². The van der Waals surface area contributed by atoms with E-state index in [2.05, 4.69) is 40.7 Å². The monoisotopic (exact) mass is 682 g/mol. The Hall–Kier alpha value is -2.34. The molecule has 5 rings (SSSR count). The predicted octanol–water partition coefficient (Wildman–Crippen LogP) is 8.12. The van der Waals surface area contributed by atoms with E-state index in [9.17, 15) is 9.18 Å². The van der Waals surface area contributed by atoms with Gasteiger partial charge >= 0.3 is 0 Å². The van der Waals surface area contributed by atoms with E-state index in [0.717, 1.165) is 28.1 Å². The van der Waals surface area contributed by atoms with Crippen LogP contribution in [0.2, 0.25) is 0 Å². The smallest absolute Gasteiger partial charge is 0.219 e. The first kappa shape index (κ1) is 36.9. The summed E-state index contributed by atoms with van der Waals surface area (Å²) < 4.78 is 23.4. The van der Waals surface area contributed by atoms with Gasteiger partial charge in [0.05, 0.1) is 27.4 Å². The molecule has 1 unspecified atom stereocenters. The van der Waals surface area contributed by atoms with Gasteiger partial charge in [-0.05, 0) is 60.2 Å². The number of halogens is 1. The van der Waals surface area contributed by atoms with Crippen molar-refractivity contribution in [2.24, 2.45) is 0 Å². The molecule has 2 N–H and O–H groups in total. The maximum Gasteiger partial charge on any atom is 0.219 e. The number of carbonyl (C=O) groups excluding carboxylic acids is 1. The van der Waals surface area contributed by atoms with Crippen molar-refractivity contribution in [3.05, 3.63) is 88.8 Å². The number of carbonyl (C=O) groups is 1. The Morgan fingerprint density at radius 3 is 2.44 bits per heavy atom. The number of nitrogens with one attached hydrogen (secondary N) is 2. The molecular formula is C32H40FN5O3SY-2. The Labute approximate surface area is 283 Å². The van der Waals surface area contributed by atoms with Crippen LogP contribution in [-0.4, -0.2) is 60.3 Å².